The predicted molar refractivity (Wildman–Crippen MR) is 106 cm³/mol. The number of aliphatic hydroxyl groups is 7. The van der Waals surface area contributed by atoms with Gasteiger partial charge in [-0.05, 0) is 6.42 Å². The van der Waals surface area contributed by atoms with Crippen molar-refractivity contribution in [1.82, 2.24) is 0 Å². The first-order valence-corrected chi connectivity index (χ1v) is 11.0. The molecule has 9 unspecified atom stereocenters. The lowest BCUT2D eigenvalue weighted by Gasteiger charge is -2.44. The number of esters is 1. The lowest BCUT2D eigenvalue weighted by atomic mass is 9.98. The molecule has 2 rings (SSSR count). The molecule has 12 nitrogen and oxygen atoms in total. The number of carbonyl (C=O) groups excluding carboxylic acids is 1. The normalized spacial score (nSPS) is 39.9. The van der Waals surface area contributed by atoms with Crippen molar-refractivity contribution in [1.29, 1.82) is 0 Å². The molecule has 0 amide bonds. The molecule has 2 fully saturated rings. The molecular weight excluding hydrogens is 432 g/mol. The van der Waals surface area contributed by atoms with Gasteiger partial charge in [0.15, 0.2) is 12.4 Å². The van der Waals surface area contributed by atoms with Gasteiger partial charge in [-0.2, -0.15) is 0 Å². The van der Waals surface area contributed by atoms with E-state index in [1.165, 1.54) is 0 Å². The van der Waals surface area contributed by atoms with Crippen molar-refractivity contribution >= 4 is 5.97 Å². The molecule has 0 aromatic rings. The van der Waals surface area contributed by atoms with Crippen LogP contribution in [0, 0.1) is 0 Å². The lowest BCUT2D eigenvalue weighted by Crippen LogP contribution is -2.63. The van der Waals surface area contributed by atoms with Crippen LogP contribution in [0.4, 0.5) is 0 Å². The summed E-state index contributed by atoms with van der Waals surface area (Å²) in [7, 11) is 0. The molecule has 32 heavy (non-hydrogen) atoms. The SMILES string of the molecule is CCCCCCCC(=O)OC1C(O)C(CO)OC(OC2(CO)OC(CO)C(O)C2O)C1O. The maximum absolute atomic E-state index is 12.2. The van der Waals surface area contributed by atoms with E-state index in [9.17, 15) is 40.5 Å². The summed E-state index contributed by atoms with van der Waals surface area (Å²) in [5, 5.41) is 69.9. The standard InChI is InChI=1S/C20H36O12/c1-2-3-4-5-6-7-13(24)30-17-14(25)11(8-21)29-19(16(17)27)32-20(10-23)18(28)15(26)12(9-22)31-20/h11-12,14-19,21-23,25-28H,2-10H2,1H3. The maximum atomic E-state index is 12.2. The number of rotatable bonds is 12. The van der Waals surface area contributed by atoms with E-state index in [0.29, 0.717) is 6.42 Å². The highest BCUT2D eigenvalue weighted by atomic mass is 16.8. The van der Waals surface area contributed by atoms with E-state index >= 15 is 0 Å². The summed E-state index contributed by atoms with van der Waals surface area (Å²) in [5.74, 6) is -2.93. The van der Waals surface area contributed by atoms with Crippen molar-refractivity contribution in [3.05, 3.63) is 0 Å². The molecule has 12 heteroatoms. The zero-order chi connectivity index (χ0) is 23.9. The third-order valence-electron chi connectivity index (χ3n) is 5.80. The Balaban J connectivity index is 2.07. The van der Waals surface area contributed by atoms with Crippen LogP contribution in [0.15, 0.2) is 0 Å². The van der Waals surface area contributed by atoms with Crippen LogP contribution in [0.25, 0.3) is 0 Å². The van der Waals surface area contributed by atoms with Crippen LogP contribution in [-0.2, 0) is 23.7 Å². The Morgan fingerprint density at radius 2 is 1.56 bits per heavy atom. The minimum absolute atomic E-state index is 0.0720. The van der Waals surface area contributed by atoms with Gasteiger partial charge in [-0.3, -0.25) is 4.79 Å². The molecule has 0 bridgehead atoms. The van der Waals surface area contributed by atoms with E-state index in [4.69, 9.17) is 18.9 Å². The summed E-state index contributed by atoms with van der Waals surface area (Å²) < 4.78 is 21.3. The zero-order valence-corrected chi connectivity index (χ0v) is 18.2. The van der Waals surface area contributed by atoms with E-state index < -0.39 is 80.6 Å². The Kier molecular flexibility index (Phi) is 10.7. The first kappa shape index (κ1) is 27.3. The molecular formula is C20H36O12. The summed E-state index contributed by atoms with van der Waals surface area (Å²) in [4.78, 5) is 12.2. The maximum Gasteiger partial charge on any atom is 0.306 e. The van der Waals surface area contributed by atoms with Gasteiger partial charge in [-0.15, -0.1) is 0 Å². The molecule has 9 atom stereocenters. The van der Waals surface area contributed by atoms with Crippen LogP contribution >= 0.6 is 0 Å². The van der Waals surface area contributed by atoms with E-state index in [2.05, 4.69) is 6.92 Å². The number of hydrogen-bond donors (Lipinski definition) is 7. The van der Waals surface area contributed by atoms with Crippen LogP contribution in [0.3, 0.4) is 0 Å². The number of unbranched alkanes of at least 4 members (excludes halogenated alkanes) is 4. The van der Waals surface area contributed by atoms with Crippen molar-refractivity contribution in [2.45, 2.75) is 100 Å². The summed E-state index contributed by atoms with van der Waals surface area (Å²) in [5.41, 5.74) is 0. The second-order valence-electron chi connectivity index (χ2n) is 8.19. The van der Waals surface area contributed by atoms with Crippen LogP contribution in [0.1, 0.15) is 45.4 Å². The van der Waals surface area contributed by atoms with Crippen LogP contribution < -0.4 is 0 Å². The highest BCUT2D eigenvalue weighted by molar-refractivity contribution is 5.69. The molecule has 0 aliphatic carbocycles. The van der Waals surface area contributed by atoms with Gasteiger partial charge in [0, 0.05) is 6.42 Å². The number of aliphatic hydroxyl groups excluding tert-OH is 7. The molecule has 7 N–H and O–H groups in total. The lowest BCUT2D eigenvalue weighted by molar-refractivity contribution is -0.383. The van der Waals surface area contributed by atoms with Crippen molar-refractivity contribution in [3.8, 4) is 0 Å². The van der Waals surface area contributed by atoms with Crippen LogP contribution in [0.5, 0.6) is 0 Å². The number of ether oxygens (including phenoxy) is 4. The largest absolute Gasteiger partial charge is 0.456 e. The Hall–Kier alpha value is -0.930. The Morgan fingerprint density at radius 3 is 2.12 bits per heavy atom. The molecule has 0 aromatic carbocycles. The summed E-state index contributed by atoms with van der Waals surface area (Å²) in [6.45, 7) is -0.313. The van der Waals surface area contributed by atoms with E-state index in [0.717, 1.165) is 25.7 Å². The Morgan fingerprint density at radius 1 is 0.906 bits per heavy atom. The minimum atomic E-state index is -2.27. The third-order valence-corrected chi connectivity index (χ3v) is 5.80. The van der Waals surface area contributed by atoms with Crippen LogP contribution in [0.2, 0.25) is 0 Å². The molecule has 2 heterocycles. The number of hydrogen-bond acceptors (Lipinski definition) is 12. The van der Waals surface area contributed by atoms with Gasteiger partial charge in [0.25, 0.3) is 0 Å². The van der Waals surface area contributed by atoms with Gasteiger partial charge >= 0.3 is 5.97 Å². The minimum Gasteiger partial charge on any atom is -0.456 e. The van der Waals surface area contributed by atoms with Gasteiger partial charge in [0.05, 0.1) is 13.2 Å². The first-order chi connectivity index (χ1) is 15.2. The van der Waals surface area contributed by atoms with Crippen LogP contribution in [-0.4, -0.2) is 116 Å². The van der Waals surface area contributed by atoms with Crippen molar-refractivity contribution in [2.75, 3.05) is 19.8 Å². The van der Waals surface area contributed by atoms with Gasteiger partial charge in [-0.1, -0.05) is 32.6 Å². The molecule has 0 spiro atoms. The van der Waals surface area contributed by atoms with E-state index in [1.54, 1.807) is 0 Å². The van der Waals surface area contributed by atoms with E-state index in [1.807, 2.05) is 0 Å². The average molecular weight is 468 g/mol. The fraction of sp³-hybridized carbons (Fsp3) is 0.950. The fourth-order valence-corrected chi connectivity index (χ4v) is 3.84. The smallest absolute Gasteiger partial charge is 0.306 e. The molecule has 0 radical (unpaired) electrons. The second kappa shape index (κ2) is 12.5. The highest BCUT2D eigenvalue weighted by Gasteiger charge is 2.58. The summed E-state index contributed by atoms with van der Waals surface area (Å²) in [6.07, 6.45) is -8.06. The quantitative estimate of drug-likeness (QED) is 0.118. The molecule has 2 aliphatic rings. The summed E-state index contributed by atoms with van der Waals surface area (Å²) >= 11 is 0. The molecule has 2 aliphatic heterocycles. The van der Waals surface area contributed by atoms with Gasteiger partial charge < -0.3 is 54.7 Å². The van der Waals surface area contributed by atoms with Gasteiger partial charge in [0.1, 0.15) is 43.2 Å². The van der Waals surface area contributed by atoms with Crippen molar-refractivity contribution < 1.29 is 59.5 Å². The Bertz CT molecular complexity index is 577. The number of carbonyl (C=O) groups is 1. The monoisotopic (exact) mass is 468 g/mol. The fourth-order valence-electron chi connectivity index (χ4n) is 3.84. The molecule has 0 aromatic heterocycles. The molecule has 2 saturated heterocycles. The highest BCUT2D eigenvalue weighted by Crippen LogP contribution is 2.36. The molecule has 0 saturated carbocycles. The summed E-state index contributed by atoms with van der Waals surface area (Å²) in [6, 6.07) is 0. The third kappa shape index (κ3) is 6.14. The van der Waals surface area contributed by atoms with Crippen molar-refractivity contribution in [3.63, 3.8) is 0 Å². The zero-order valence-electron chi connectivity index (χ0n) is 18.2. The molecule has 188 valence electrons. The first-order valence-electron chi connectivity index (χ1n) is 11.0. The van der Waals surface area contributed by atoms with E-state index in [-0.39, 0.29) is 6.42 Å². The second-order valence-corrected chi connectivity index (χ2v) is 8.19. The average Bonchev–Trinajstić information content (AvgIpc) is 3.03. The van der Waals surface area contributed by atoms with Gasteiger partial charge in [0.2, 0.25) is 5.79 Å². The van der Waals surface area contributed by atoms with Gasteiger partial charge in [-0.25, -0.2) is 0 Å². The predicted octanol–water partition coefficient (Wildman–Crippen LogP) is -2.48. The Labute approximate surface area is 186 Å². The van der Waals surface area contributed by atoms with Crippen molar-refractivity contribution in [2.24, 2.45) is 0 Å². The topological polar surface area (TPSA) is 196 Å².